The molecule has 4 aromatic rings. The molecule has 30 heavy (non-hydrogen) atoms. The van der Waals surface area contributed by atoms with Gasteiger partial charge in [0.2, 0.25) is 0 Å². The summed E-state index contributed by atoms with van der Waals surface area (Å²) in [5.41, 5.74) is 6.55. The first-order valence-electron chi connectivity index (χ1n) is 9.03. The van der Waals surface area contributed by atoms with Gasteiger partial charge >= 0.3 is 6.18 Å². The van der Waals surface area contributed by atoms with Crippen LogP contribution in [0.3, 0.4) is 0 Å². The lowest BCUT2D eigenvalue weighted by Gasteiger charge is -2.15. The van der Waals surface area contributed by atoms with Crippen molar-refractivity contribution < 1.29 is 18.0 Å². The topological polar surface area (TPSA) is 72.9 Å². The van der Waals surface area contributed by atoms with Crippen molar-refractivity contribution in [1.29, 1.82) is 0 Å². The Kier molecular flexibility index (Phi) is 4.69. The zero-order valence-corrected chi connectivity index (χ0v) is 15.9. The molecule has 2 aromatic carbocycles. The van der Waals surface area contributed by atoms with Crippen LogP contribution in [0, 0.1) is 0 Å². The third kappa shape index (κ3) is 3.47. The maximum Gasteiger partial charge on any atom is 0.417 e. The first kappa shape index (κ1) is 19.5. The van der Waals surface area contributed by atoms with Gasteiger partial charge in [-0.2, -0.15) is 13.2 Å². The number of carbonyl (C=O) groups excluding carboxylic acids is 1. The number of amides is 1. The molecule has 0 aliphatic carbocycles. The van der Waals surface area contributed by atoms with Gasteiger partial charge in [0.05, 0.1) is 16.8 Å². The third-order valence-corrected chi connectivity index (χ3v) is 4.88. The van der Waals surface area contributed by atoms with Crippen LogP contribution in [0.25, 0.3) is 22.0 Å². The van der Waals surface area contributed by atoms with E-state index < -0.39 is 17.6 Å². The molecule has 2 heterocycles. The van der Waals surface area contributed by atoms with Crippen LogP contribution in [-0.4, -0.2) is 15.5 Å². The van der Waals surface area contributed by atoms with E-state index in [0.717, 1.165) is 17.0 Å². The predicted molar refractivity (Wildman–Crippen MR) is 110 cm³/mol. The van der Waals surface area contributed by atoms with Crippen LogP contribution in [-0.2, 0) is 13.2 Å². The molecule has 3 N–H and O–H groups in total. The van der Waals surface area contributed by atoms with Crippen LogP contribution in [0.1, 0.15) is 15.9 Å². The van der Waals surface area contributed by atoms with Crippen LogP contribution in [0.5, 0.6) is 0 Å². The summed E-state index contributed by atoms with van der Waals surface area (Å²) in [6.45, 7) is 0. The normalized spacial score (nSPS) is 11.6. The molecule has 8 heteroatoms. The number of rotatable bonds is 3. The lowest BCUT2D eigenvalue weighted by molar-refractivity contribution is -0.137. The number of nitrogens with two attached hydrogens (primary N) is 1. The van der Waals surface area contributed by atoms with Gasteiger partial charge in [-0.25, -0.2) is 4.98 Å². The number of aryl methyl sites for hydroxylation is 1. The average molecular weight is 410 g/mol. The smallest absolute Gasteiger partial charge is 0.383 e. The van der Waals surface area contributed by atoms with Gasteiger partial charge in [0.15, 0.2) is 0 Å². The standard InChI is InChI=1S/C22H17F3N4O/c1-29-10-9-15-18(7-4-8-19(15)29)28-21(30)13-11-16(20(26)27-12-13)14-5-2-3-6-17(14)22(23,24)25/h2-12H,1H3,(H2,26,27)(H,28,30). The van der Waals surface area contributed by atoms with E-state index in [1.165, 1.54) is 30.5 Å². The van der Waals surface area contributed by atoms with Crippen LogP contribution in [0.2, 0.25) is 0 Å². The molecule has 4 rings (SSSR count). The van der Waals surface area contributed by atoms with Gasteiger partial charge in [0.25, 0.3) is 5.91 Å². The summed E-state index contributed by atoms with van der Waals surface area (Å²) in [6.07, 6.45) is -1.45. The molecule has 1 amide bonds. The van der Waals surface area contributed by atoms with Gasteiger partial charge in [-0.1, -0.05) is 24.3 Å². The van der Waals surface area contributed by atoms with Crippen molar-refractivity contribution in [1.82, 2.24) is 9.55 Å². The molecular formula is C22H17F3N4O. The molecule has 0 atom stereocenters. The van der Waals surface area contributed by atoms with Gasteiger partial charge in [-0.3, -0.25) is 4.79 Å². The Balaban J connectivity index is 1.73. The van der Waals surface area contributed by atoms with Crippen molar-refractivity contribution in [3.05, 3.63) is 78.1 Å². The molecule has 0 aliphatic heterocycles. The van der Waals surface area contributed by atoms with E-state index >= 15 is 0 Å². The van der Waals surface area contributed by atoms with Crippen molar-refractivity contribution in [2.24, 2.45) is 7.05 Å². The summed E-state index contributed by atoms with van der Waals surface area (Å²) >= 11 is 0. The predicted octanol–water partition coefficient (Wildman–Crippen LogP) is 5.09. The fraction of sp³-hybridized carbons (Fsp3) is 0.0909. The van der Waals surface area contributed by atoms with Gasteiger partial charge in [0.1, 0.15) is 5.82 Å². The number of alkyl halides is 3. The van der Waals surface area contributed by atoms with Gasteiger partial charge in [-0.05, 0) is 35.9 Å². The number of pyridine rings is 1. The molecule has 0 aliphatic rings. The highest BCUT2D eigenvalue weighted by Gasteiger charge is 2.34. The van der Waals surface area contributed by atoms with E-state index in [-0.39, 0.29) is 22.5 Å². The molecule has 0 bridgehead atoms. The molecule has 0 fully saturated rings. The average Bonchev–Trinajstić information content (AvgIpc) is 3.10. The summed E-state index contributed by atoms with van der Waals surface area (Å²) in [5.74, 6) is -0.585. The fourth-order valence-corrected chi connectivity index (χ4v) is 3.39. The lowest BCUT2D eigenvalue weighted by Crippen LogP contribution is -2.14. The fourth-order valence-electron chi connectivity index (χ4n) is 3.39. The Morgan fingerprint density at radius 1 is 1.07 bits per heavy atom. The molecule has 5 nitrogen and oxygen atoms in total. The molecule has 152 valence electrons. The van der Waals surface area contributed by atoms with Crippen molar-refractivity contribution in [2.45, 2.75) is 6.18 Å². The second-order valence-corrected chi connectivity index (χ2v) is 6.82. The maximum atomic E-state index is 13.4. The Morgan fingerprint density at radius 2 is 1.83 bits per heavy atom. The monoisotopic (exact) mass is 410 g/mol. The number of carbonyl (C=O) groups is 1. The number of hydrogen-bond acceptors (Lipinski definition) is 3. The van der Waals surface area contributed by atoms with E-state index in [4.69, 9.17) is 5.73 Å². The van der Waals surface area contributed by atoms with Gasteiger partial charge in [-0.15, -0.1) is 0 Å². The van der Waals surface area contributed by atoms with E-state index in [0.29, 0.717) is 5.69 Å². The zero-order valence-electron chi connectivity index (χ0n) is 15.9. The number of hydrogen-bond donors (Lipinski definition) is 2. The van der Waals surface area contributed by atoms with Crippen molar-refractivity contribution >= 4 is 28.3 Å². The van der Waals surface area contributed by atoms with E-state index in [1.54, 1.807) is 6.07 Å². The number of nitrogens with zero attached hydrogens (tertiary/aromatic N) is 2. The Bertz CT molecular complexity index is 1260. The zero-order chi connectivity index (χ0) is 21.5. The minimum absolute atomic E-state index is 0.0495. The van der Waals surface area contributed by atoms with Crippen LogP contribution < -0.4 is 11.1 Å². The second kappa shape index (κ2) is 7.22. The minimum Gasteiger partial charge on any atom is -0.383 e. The molecule has 0 radical (unpaired) electrons. The molecule has 0 saturated carbocycles. The van der Waals surface area contributed by atoms with Gasteiger partial charge in [0, 0.05) is 35.9 Å². The molecule has 2 aromatic heterocycles. The van der Waals surface area contributed by atoms with Crippen molar-refractivity contribution in [3.63, 3.8) is 0 Å². The largest absolute Gasteiger partial charge is 0.417 e. The van der Waals surface area contributed by atoms with Gasteiger partial charge < -0.3 is 15.6 Å². The highest BCUT2D eigenvalue weighted by Crippen LogP contribution is 2.38. The Morgan fingerprint density at radius 3 is 2.60 bits per heavy atom. The number of halogens is 3. The van der Waals surface area contributed by atoms with Crippen LogP contribution in [0.15, 0.2) is 67.0 Å². The Labute approximate surface area is 170 Å². The van der Waals surface area contributed by atoms with Crippen LogP contribution >= 0.6 is 0 Å². The number of anilines is 2. The molecule has 0 saturated heterocycles. The van der Waals surface area contributed by atoms with Crippen LogP contribution in [0.4, 0.5) is 24.7 Å². The van der Waals surface area contributed by atoms with Crippen molar-refractivity contribution in [2.75, 3.05) is 11.1 Å². The number of benzene rings is 2. The summed E-state index contributed by atoms with van der Waals surface area (Å²) in [7, 11) is 1.89. The Hall–Kier alpha value is -3.81. The summed E-state index contributed by atoms with van der Waals surface area (Å²) in [6, 6.07) is 13.7. The molecule has 0 unspecified atom stereocenters. The number of aromatic nitrogens is 2. The summed E-state index contributed by atoms with van der Waals surface area (Å²) in [4.78, 5) is 16.8. The van der Waals surface area contributed by atoms with E-state index in [2.05, 4.69) is 10.3 Å². The number of fused-ring (bicyclic) bond motifs is 1. The summed E-state index contributed by atoms with van der Waals surface area (Å²) < 4.78 is 42.2. The first-order valence-corrected chi connectivity index (χ1v) is 9.03. The molecule has 0 spiro atoms. The number of nitrogens with one attached hydrogen (secondary N) is 1. The lowest BCUT2D eigenvalue weighted by atomic mass is 9.98. The maximum absolute atomic E-state index is 13.4. The SMILES string of the molecule is Cn1ccc2c(NC(=O)c3cnc(N)c(-c4ccccc4C(F)(F)F)c3)cccc21. The van der Waals surface area contributed by atoms with E-state index in [1.807, 2.05) is 36.0 Å². The van der Waals surface area contributed by atoms with Crippen molar-refractivity contribution in [3.8, 4) is 11.1 Å². The minimum atomic E-state index is -4.57. The quantitative estimate of drug-likeness (QED) is 0.494. The highest BCUT2D eigenvalue weighted by atomic mass is 19.4. The first-order chi connectivity index (χ1) is 14.3. The highest BCUT2D eigenvalue weighted by molar-refractivity contribution is 6.09. The molecular weight excluding hydrogens is 393 g/mol. The third-order valence-electron chi connectivity index (χ3n) is 4.88. The summed E-state index contributed by atoms with van der Waals surface area (Å²) in [5, 5.41) is 3.65. The second-order valence-electron chi connectivity index (χ2n) is 6.82. The number of nitrogen functional groups attached to an aromatic ring is 1. The van der Waals surface area contributed by atoms with E-state index in [9.17, 15) is 18.0 Å².